The molecule has 1 atom stereocenters. The Morgan fingerprint density at radius 3 is 2.73 bits per heavy atom. The Kier molecular flexibility index (Phi) is 5.83. The molecule has 136 valence electrons. The van der Waals surface area contributed by atoms with Crippen molar-refractivity contribution in [3.8, 4) is 0 Å². The lowest BCUT2D eigenvalue weighted by atomic mass is 10.1. The summed E-state index contributed by atoms with van der Waals surface area (Å²) in [6, 6.07) is 13.7. The molecular formula is C20H23N3O2S. The maximum atomic E-state index is 12.0. The van der Waals surface area contributed by atoms with Gasteiger partial charge in [0.2, 0.25) is 5.91 Å². The van der Waals surface area contributed by atoms with E-state index in [1.807, 2.05) is 38.1 Å². The van der Waals surface area contributed by atoms with Gasteiger partial charge in [-0.25, -0.2) is 10.2 Å². The first-order chi connectivity index (χ1) is 12.5. The van der Waals surface area contributed by atoms with Gasteiger partial charge in [-0.1, -0.05) is 42.0 Å². The number of hydrogen-bond donors (Lipinski definition) is 3. The van der Waals surface area contributed by atoms with Crippen LogP contribution in [0.5, 0.6) is 0 Å². The maximum absolute atomic E-state index is 12.0. The minimum absolute atomic E-state index is 0.213. The number of carbonyl (C=O) groups is 2. The summed E-state index contributed by atoms with van der Waals surface area (Å²) in [7, 11) is 0. The van der Waals surface area contributed by atoms with Crippen molar-refractivity contribution < 1.29 is 9.59 Å². The van der Waals surface area contributed by atoms with Gasteiger partial charge in [0.1, 0.15) is 0 Å². The van der Waals surface area contributed by atoms with E-state index >= 15 is 0 Å². The van der Waals surface area contributed by atoms with Crippen LogP contribution in [-0.4, -0.2) is 17.7 Å². The fourth-order valence-corrected chi connectivity index (χ4v) is 4.26. The molecule has 1 aliphatic rings. The van der Waals surface area contributed by atoms with E-state index in [2.05, 4.69) is 34.4 Å². The number of nitrogens with one attached hydrogen (secondary N) is 3. The van der Waals surface area contributed by atoms with E-state index < -0.39 is 6.03 Å². The van der Waals surface area contributed by atoms with Crippen LogP contribution in [0, 0.1) is 13.8 Å². The molecular weight excluding hydrogens is 346 g/mol. The summed E-state index contributed by atoms with van der Waals surface area (Å²) in [5.41, 5.74) is 10.4. The zero-order chi connectivity index (χ0) is 18.5. The summed E-state index contributed by atoms with van der Waals surface area (Å²) in [5.74, 6) is 0.0956. The molecule has 6 heteroatoms. The number of fused-ring (bicyclic) bond motifs is 1. The minimum Gasteiger partial charge on any atom is -0.306 e. The average Bonchev–Trinajstić information content (AvgIpc) is 3.04. The van der Waals surface area contributed by atoms with Crippen molar-refractivity contribution in [3.05, 3.63) is 64.7 Å². The van der Waals surface area contributed by atoms with Gasteiger partial charge in [-0.2, -0.15) is 0 Å². The van der Waals surface area contributed by atoms with E-state index in [1.54, 1.807) is 11.8 Å². The van der Waals surface area contributed by atoms with Crippen LogP contribution in [0.2, 0.25) is 0 Å². The van der Waals surface area contributed by atoms with Gasteiger partial charge in [-0.3, -0.25) is 10.2 Å². The molecule has 0 radical (unpaired) electrons. The van der Waals surface area contributed by atoms with Gasteiger partial charge in [0.05, 0.1) is 5.75 Å². The Labute approximate surface area is 157 Å². The zero-order valence-electron chi connectivity index (χ0n) is 15.0. The fourth-order valence-electron chi connectivity index (χ4n) is 3.14. The van der Waals surface area contributed by atoms with E-state index in [0.29, 0.717) is 11.0 Å². The normalized spacial score (nSPS) is 15.2. The highest BCUT2D eigenvalue weighted by Crippen LogP contribution is 2.40. The Hall–Kier alpha value is -2.47. The van der Waals surface area contributed by atoms with E-state index in [4.69, 9.17) is 0 Å². The highest BCUT2D eigenvalue weighted by atomic mass is 32.2. The van der Waals surface area contributed by atoms with Gasteiger partial charge in [-0.05, 0) is 49.4 Å². The minimum atomic E-state index is -0.457. The summed E-state index contributed by atoms with van der Waals surface area (Å²) in [5, 5.41) is 3.08. The summed E-state index contributed by atoms with van der Waals surface area (Å²) in [4.78, 5) is 23.9. The van der Waals surface area contributed by atoms with E-state index in [0.717, 1.165) is 29.7 Å². The van der Waals surface area contributed by atoms with Crippen molar-refractivity contribution in [3.63, 3.8) is 0 Å². The lowest BCUT2D eigenvalue weighted by Gasteiger charge is -2.13. The number of aryl methyl sites for hydroxylation is 3. The van der Waals surface area contributed by atoms with Crippen LogP contribution in [0.1, 0.15) is 33.9 Å². The number of benzene rings is 2. The Balaban J connectivity index is 1.42. The first-order valence-corrected chi connectivity index (χ1v) is 9.70. The second-order valence-corrected chi connectivity index (χ2v) is 7.67. The standard InChI is InChI=1S/C20H23N3O2S/c1-13-7-9-17(14(2)11-13)21-20(25)23-22-19(24)12-26-18-10-8-15-5-3-4-6-16(15)18/h3-7,9,11,18H,8,10,12H2,1-2H3,(H,22,24)(H2,21,23,25). The molecule has 0 saturated heterocycles. The van der Waals surface area contributed by atoms with Gasteiger partial charge in [-0.15, -0.1) is 11.8 Å². The van der Waals surface area contributed by atoms with Crippen LogP contribution in [-0.2, 0) is 11.2 Å². The van der Waals surface area contributed by atoms with E-state index in [9.17, 15) is 9.59 Å². The molecule has 2 aromatic carbocycles. The predicted octanol–water partition coefficient (Wildman–Crippen LogP) is 3.88. The number of hydrogen-bond acceptors (Lipinski definition) is 3. The van der Waals surface area contributed by atoms with Crippen molar-refractivity contribution in [1.82, 2.24) is 10.9 Å². The molecule has 0 saturated carbocycles. The van der Waals surface area contributed by atoms with Gasteiger partial charge in [0.15, 0.2) is 0 Å². The third-order valence-corrected chi connectivity index (χ3v) is 5.76. The second kappa shape index (κ2) is 8.27. The number of carbonyl (C=O) groups excluding carboxylic acids is 2. The molecule has 5 nitrogen and oxygen atoms in total. The van der Waals surface area contributed by atoms with Crippen LogP contribution < -0.4 is 16.2 Å². The summed E-state index contributed by atoms with van der Waals surface area (Å²) < 4.78 is 0. The van der Waals surface area contributed by atoms with Crippen LogP contribution in [0.15, 0.2) is 42.5 Å². The number of thioether (sulfide) groups is 1. The van der Waals surface area contributed by atoms with Crippen LogP contribution in [0.3, 0.4) is 0 Å². The lowest BCUT2D eigenvalue weighted by Crippen LogP contribution is -2.44. The molecule has 0 fully saturated rings. The molecule has 0 spiro atoms. The largest absolute Gasteiger partial charge is 0.337 e. The van der Waals surface area contributed by atoms with Crippen molar-refractivity contribution in [1.29, 1.82) is 0 Å². The zero-order valence-corrected chi connectivity index (χ0v) is 15.8. The Morgan fingerprint density at radius 1 is 1.12 bits per heavy atom. The third kappa shape index (κ3) is 4.58. The quantitative estimate of drug-likeness (QED) is 0.717. The van der Waals surface area contributed by atoms with Crippen molar-refractivity contribution in [2.75, 3.05) is 11.1 Å². The molecule has 0 aromatic heterocycles. The highest BCUT2D eigenvalue weighted by molar-refractivity contribution is 8.00. The molecule has 0 aliphatic heterocycles. The van der Waals surface area contributed by atoms with Crippen LogP contribution >= 0.6 is 11.8 Å². The number of hydrazine groups is 1. The summed E-state index contributed by atoms with van der Waals surface area (Å²) >= 11 is 1.61. The molecule has 1 unspecified atom stereocenters. The fraction of sp³-hybridized carbons (Fsp3) is 0.300. The lowest BCUT2D eigenvalue weighted by molar-refractivity contribution is -0.119. The summed E-state index contributed by atoms with van der Waals surface area (Å²) in [6.07, 6.45) is 2.12. The number of anilines is 1. The molecule has 0 bridgehead atoms. The monoisotopic (exact) mass is 369 g/mol. The molecule has 3 N–H and O–H groups in total. The molecule has 0 heterocycles. The van der Waals surface area contributed by atoms with Gasteiger partial charge < -0.3 is 5.32 Å². The predicted molar refractivity (Wildman–Crippen MR) is 106 cm³/mol. The first kappa shape index (κ1) is 18.3. The van der Waals surface area contributed by atoms with Crippen LogP contribution in [0.4, 0.5) is 10.5 Å². The molecule has 3 rings (SSSR count). The molecule has 2 aromatic rings. The van der Waals surface area contributed by atoms with Crippen molar-refractivity contribution in [2.45, 2.75) is 31.9 Å². The summed E-state index contributed by atoms with van der Waals surface area (Å²) in [6.45, 7) is 3.93. The average molecular weight is 369 g/mol. The highest BCUT2D eigenvalue weighted by Gasteiger charge is 2.22. The first-order valence-electron chi connectivity index (χ1n) is 8.65. The number of rotatable bonds is 4. The molecule has 1 aliphatic carbocycles. The molecule has 26 heavy (non-hydrogen) atoms. The maximum Gasteiger partial charge on any atom is 0.337 e. The SMILES string of the molecule is Cc1ccc(NC(=O)NNC(=O)CSC2CCc3ccccc32)c(C)c1. The van der Waals surface area contributed by atoms with Crippen LogP contribution in [0.25, 0.3) is 0 Å². The number of urea groups is 1. The van der Waals surface area contributed by atoms with Gasteiger partial charge in [0, 0.05) is 10.9 Å². The van der Waals surface area contributed by atoms with Crippen molar-refractivity contribution in [2.24, 2.45) is 0 Å². The number of amides is 3. The second-order valence-electron chi connectivity index (χ2n) is 6.48. The molecule has 3 amide bonds. The Bertz CT molecular complexity index is 822. The topological polar surface area (TPSA) is 70.2 Å². The smallest absolute Gasteiger partial charge is 0.306 e. The Morgan fingerprint density at radius 2 is 1.92 bits per heavy atom. The van der Waals surface area contributed by atoms with Gasteiger partial charge >= 0.3 is 6.03 Å². The van der Waals surface area contributed by atoms with E-state index in [-0.39, 0.29) is 5.91 Å². The van der Waals surface area contributed by atoms with Gasteiger partial charge in [0.25, 0.3) is 0 Å². The van der Waals surface area contributed by atoms with Crippen molar-refractivity contribution >= 4 is 29.4 Å². The van der Waals surface area contributed by atoms with E-state index in [1.165, 1.54) is 11.1 Å². The third-order valence-electron chi connectivity index (χ3n) is 4.44.